The van der Waals surface area contributed by atoms with E-state index in [4.69, 9.17) is 5.11 Å². The molecule has 23 heavy (non-hydrogen) atoms. The van der Waals surface area contributed by atoms with E-state index in [0.29, 0.717) is 19.3 Å². The second-order valence-corrected chi connectivity index (χ2v) is 8.26. The number of halogens is 1. The maximum absolute atomic E-state index is 14.1. The highest BCUT2D eigenvalue weighted by Gasteiger charge is 2.49. The van der Waals surface area contributed by atoms with Gasteiger partial charge in [-0.3, -0.25) is 4.79 Å². The van der Waals surface area contributed by atoms with Crippen molar-refractivity contribution in [1.82, 2.24) is 9.21 Å². The molecule has 0 aromatic carbocycles. The van der Waals surface area contributed by atoms with E-state index in [-0.39, 0.29) is 25.3 Å². The monoisotopic (exact) mass is 350 g/mol. The number of carbonyl (C=O) groups excluding carboxylic acids is 1. The van der Waals surface area contributed by atoms with Gasteiger partial charge in [-0.2, -0.15) is 4.31 Å². The van der Waals surface area contributed by atoms with Gasteiger partial charge in [0.15, 0.2) is 0 Å². The molecular weight excluding hydrogens is 327 g/mol. The van der Waals surface area contributed by atoms with Crippen LogP contribution >= 0.6 is 0 Å². The van der Waals surface area contributed by atoms with E-state index in [1.54, 1.807) is 0 Å². The van der Waals surface area contributed by atoms with Crippen molar-refractivity contribution in [2.24, 2.45) is 0 Å². The van der Waals surface area contributed by atoms with E-state index in [1.807, 2.05) is 6.92 Å². The van der Waals surface area contributed by atoms with E-state index < -0.39 is 40.2 Å². The fourth-order valence-corrected chi connectivity index (χ4v) is 4.99. The molecule has 7 nitrogen and oxygen atoms in total. The molecule has 2 aliphatic rings. The lowest BCUT2D eigenvalue weighted by Crippen LogP contribution is -2.49. The number of nitrogens with zero attached hydrogens (tertiary/aromatic N) is 2. The standard InChI is InChI=1S/C14H23FN2O5S/c1-2-3-9-23(21,22)17-7-4-5-11(17)12(18)16-8-6-14(15,10-16)13(19)20/h11H,2-10H2,1H3,(H,19,20). The lowest BCUT2D eigenvalue weighted by Gasteiger charge is -2.27. The van der Waals surface area contributed by atoms with E-state index in [2.05, 4.69) is 0 Å². The molecule has 2 atom stereocenters. The number of carboxylic acids is 1. The molecule has 2 saturated heterocycles. The zero-order valence-electron chi connectivity index (χ0n) is 13.2. The van der Waals surface area contributed by atoms with Gasteiger partial charge >= 0.3 is 5.97 Å². The Balaban J connectivity index is 2.09. The molecule has 2 unspecified atom stereocenters. The highest BCUT2D eigenvalue weighted by Crippen LogP contribution is 2.30. The van der Waals surface area contributed by atoms with Gasteiger partial charge in [-0.25, -0.2) is 17.6 Å². The highest BCUT2D eigenvalue weighted by molar-refractivity contribution is 7.89. The third kappa shape index (κ3) is 3.65. The normalized spacial score (nSPS) is 29.1. The zero-order valence-corrected chi connectivity index (χ0v) is 14.0. The van der Waals surface area contributed by atoms with Gasteiger partial charge in [0.25, 0.3) is 0 Å². The zero-order chi connectivity index (χ0) is 17.3. The van der Waals surface area contributed by atoms with Crippen LogP contribution in [0.15, 0.2) is 0 Å². The number of unbranched alkanes of at least 4 members (excludes halogenated alkanes) is 1. The van der Waals surface area contributed by atoms with Crippen molar-refractivity contribution in [3.63, 3.8) is 0 Å². The maximum atomic E-state index is 14.1. The van der Waals surface area contributed by atoms with Crippen LogP contribution in [-0.2, 0) is 19.6 Å². The smallest absolute Gasteiger partial charge is 0.343 e. The van der Waals surface area contributed by atoms with Crippen LogP contribution in [0.4, 0.5) is 4.39 Å². The van der Waals surface area contributed by atoms with Gasteiger partial charge in [-0.1, -0.05) is 13.3 Å². The van der Waals surface area contributed by atoms with E-state index in [9.17, 15) is 22.4 Å². The summed E-state index contributed by atoms with van der Waals surface area (Å²) in [5.41, 5.74) is -2.43. The third-order valence-electron chi connectivity index (χ3n) is 4.52. The van der Waals surface area contributed by atoms with E-state index in [0.717, 1.165) is 11.3 Å². The number of amides is 1. The molecule has 2 rings (SSSR count). The Labute approximate surface area is 135 Å². The molecule has 9 heteroatoms. The molecule has 1 N–H and O–H groups in total. The van der Waals surface area contributed by atoms with Crippen molar-refractivity contribution < 1.29 is 27.5 Å². The minimum Gasteiger partial charge on any atom is -0.479 e. The van der Waals surface area contributed by atoms with Gasteiger partial charge in [-0.15, -0.1) is 0 Å². The first-order valence-electron chi connectivity index (χ1n) is 7.92. The highest BCUT2D eigenvalue weighted by atomic mass is 32.2. The molecule has 2 aliphatic heterocycles. The van der Waals surface area contributed by atoms with Crippen LogP contribution in [0, 0.1) is 0 Å². The molecule has 0 radical (unpaired) electrons. The van der Waals surface area contributed by atoms with Gasteiger partial charge in [-0.05, 0) is 19.3 Å². The first-order valence-corrected chi connectivity index (χ1v) is 9.53. The summed E-state index contributed by atoms with van der Waals surface area (Å²) in [6.07, 6.45) is 1.97. The minimum absolute atomic E-state index is 0.000973. The second-order valence-electron chi connectivity index (χ2n) is 6.22. The minimum atomic E-state index is -3.52. The molecular formula is C14H23FN2O5S. The van der Waals surface area contributed by atoms with Gasteiger partial charge < -0.3 is 10.0 Å². The fraction of sp³-hybridized carbons (Fsp3) is 0.857. The predicted molar refractivity (Wildman–Crippen MR) is 81.1 cm³/mol. The lowest BCUT2D eigenvalue weighted by molar-refractivity contribution is -0.150. The number of hydrogen-bond acceptors (Lipinski definition) is 4. The van der Waals surface area contributed by atoms with Crippen molar-refractivity contribution in [3.8, 4) is 0 Å². The average Bonchev–Trinajstić information content (AvgIpc) is 3.12. The van der Waals surface area contributed by atoms with E-state index >= 15 is 0 Å². The number of carbonyl (C=O) groups is 2. The Morgan fingerprint density at radius 1 is 1.35 bits per heavy atom. The first kappa shape index (κ1) is 18.1. The van der Waals surface area contributed by atoms with Crippen LogP contribution in [0.2, 0.25) is 0 Å². The number of alkyl halides is 1. The van der Waals surface area contributed by atoms with Crippen LogP contribution in [0.1, 0.15) is 39.0 Å². The van der Waals surface area contributed by atoms with Crippen LogP contribution in [0.25, 0.3) is 0 Å². The van der Waals surface area contributed by atoms with Crippen molar-refractivity contribution >= 4 is 21.9 Å². The lowest BCUT2D eigenvalue weighted by atomic mass is 10.1. The van der Waals surface area contributed by atoms with Gasteiger partial charge in [0.2, 0.25) is 21.6 Å². The molecule has 132 valence electrons. The Morgan fingerprint density at radius 3 is 2.61 bits per heavy atom. The summed E-state index contributed by atoms with van der Waals surface area (Å²) in [6.45, 7) is 1.66. The molecule has 0 spiro atoms. The van der Waals surface area contributed by atoms with Gasteiger partial charge in [0.1, 0.15) is 6.04 Å². The predicted octanol–water partition coefficient (Wildman–Crippen LogP) is 0.606. The number of aliphatic carboxylic acids is 1. The van der Waals surface area contributed by atoms with Crippen molar-refractivity contribution in [1.29, 1.82) is 0 Å². The molecule has 0 aliphatic carbocycles. The summed E-state index contributed by atoms with van der Waals surface area (Å²) < 4.78 is 40.0. The van der Waals surface area contributed by atoms with Crippen molar-refractivity contribution in [3.05, 3.63) is 0 Å². The molecule has 0 aromatic rings. The summed E-state index contributed by atoms with van der Waals surface area (Å²) in [4.78, 5) is 24.6. The summed E-state index contributed by atoms with van der Waals surface area (Å²) in [7, 11) is -3.52. The van der Waals surface area contributed by atoms with Crippen molar-refractivity contribution in [2.75, 3.05) is 25.4 Å². The quantitative estimate of drug-likeness (QED) is 0.757. The Bertz CT molecular complexity index is 582. The molecule has 0 saturated carbocycles. The topological polar surface area (TPSA) is 95.0 Å². The number of sulfonamides is 1. The van der Waals surface area contributed by atoms with Gasteiger partial charge in [0.05, 0.1) is 12.3 Å². The molecule has 2 heterocycles. The second kappa shape index (κ2) is 6.72. The average molecular weight is 350 g/mol. The number of hydrogen-bond donors (Lipinski definition) is 1. The largest absolute Gasteiger partial charge is 0.479 e. The van der Waals surface area contributed by atoms with Crippen LogP contribution < -0.4 is 0 Å². The SMILES string of the molecule is CCCCS(=O)(=O)N1CCCC1C(=O)N1CCC(F)(C(=O)O)C1. The third-order valence-corrected chi connectivity index (χ3v) is 6.47. The summed E-state index contributed by atoms with van der Waals surface area (Å²) in [5, 5.41) is 8.90. The van der Waals surface area contributed by atoms with Crippen molar-refractivity contribution in [2.45, 2.75) is 50.7 Å². The number of rotatable bonds is 6. The number of likely N-dealkylation sites (tertiary alicyclic amines) is 1. The summed E-state index contributed by atoms with van der Waals surface area (Å²) in [5.74, 6) is -2.06. The maximum Gasteiger partial charge on any atom is 0.343 e. The van der Waals surface area contributed by atoms with Gasteiger partial charge in [0, 0.05) is 19.5 Å². The Kier molecular flexibility index (Phi) is 5.30. The first-order chi connectivity index (χ1) is 10.7. The number of carboxylic acid groups (broad SMARTS) is 1. The Hall–Kier alpha value is -1.22. The molecule has 0 bridgehead atoms. The van der Waals surface area contributed by atoms with E-state index in [1.165, 1.54) is 4.31 Å². The molecule has 1 amide bonds. The molecule has 0 aromatic heterocycles. The summed E-state index contributed by atoms with van der Waals surface area (Å²) >= 11 is 0. The van der Waals surface area contributed by atoms with Crippen LogP contribution in [0.3, 0.4) is 0 Å². The van der Waals surface area contributed by atoms with Crippen LogP contribution in [-0.4, -0.2) is 71.7 Å². The summed E-state index contributed by atoms with van der Waals surface area (Å²) in [6, 6.07) is -0.826. The van der Waals surface area contributed by atoms with Crippen LogP contribution in [0.5, 0.6) is 0 Å². The fourth-order valence-electron chi connectivity index (χ4n) is 3.11. The molecule has 2 fully saturated rings. The Morgan fingerprint density at radius 2 is 2.04 bits per heavy atom.